The molecule has 0 bridgehead atoms. The summed E-state index contributed by atoms with van der Waals surface area (Å²) in [6.45, 7) is 2.45. The lowest BCUT2D eigenvalue weighted by molar-refractivity contribution is -0.0571. The van der Waals surface area contributed by atoms with Crippen molar-refractivity contribution in [3.63, 3.8) is 0 Å². The topological polar surface area (TPSA) is 3.24 Å². The summed E-state index contributed by atoms with van der Waals surface area (Å²) in [5.41, 5.74) is 1.27. The Hall–Kier alpha value is 0.250. The Morgan fingerprint density at radius 2 is 1.42 bits per heavy atom. The van der Waals surface area contributed by atoms with Gasteiger partial charge in [-0.1, -0.05) is 38.5 Å². The molecule has 0 unspecified atom stereocenters. The summed E-state index contributed by atoms with van der Waals surface area (Å²) >= 11 is 6.07. The second-order valence-corrected chi connectivity index (χ2v) is 7.83. The molecule has 2 saturated carbocycles. The summed E-state index contributed by atoms with van der Waals surface area (Å²) in [7, 11) is 0. The number of hydrogen-bond acceptors (Lipinski definition) is 1. The first-order chi connectivity index (χ1) is 9.29. The van der Waals surface area contributed by atoms with Crippen LogP contribution in [0.4, 0.5) is 0 Å². The normalized spacial score (nSPS) is 30.8. The SMILES string of the molecule is ClCCN1CCC2(CCCCC2)CC12CCCCC2. The van der Waals surface area contributed by atoms with E-state index in [9.17, 15) is 0 Å². The summed E-state index contributed by atoms with van der Waals surface area (Å²) in [5, 5.41) is 0. The molecule has 0 aromatic carbocycles. The van der Waals surface area contributed by atoms with E-state index in [1.54, 1.807) is 0 Å². The maximum absolute atomic E-state index is 6.07. The van der Waals surface area contributed by atoms with Crippen LogP contribution in [0, 0.1) is 5.41 Å². The molecule has 110 valence electrons. The molecule has 19 heavy (non-hydrogen) atoms. The lowest BCUT2D eigenvalue weighted by atomic mass is 9.59. The molecule has 2 spiro atoms. The lowest BCUT2D eigenvalue weighted by Crippen LogP contribution is -2.58. The highest BCUT2D eigenvalue weighted by atomic mass is 35.5. The Bertz CT molecular complexity index is 290. The fourth-order valence-corrected chi connectivity index (χ4v) is 5.59. The van der Waals surface area contributed by atoms with Crippen molar-refractivity contribution in [2.45, 2.75) is 82.6 Å². The third kappa shape index (κ3) is 2.83. The monoisotopic (exact) mass is 283 g/mol. The molecule has 0 aromatic rings. The van der Waals surface area contributed by atoms with E-state index in [2.05, 4.69) is 4.90 Å². The van der Waals surface area contributed by atoms with Crippen molar-refractivity contribution >= 4 is 11.6 Å². The molecular weight excluding hydrogens is 254 g/mol. The van der Waals surface area contributed by atoms with Crippen LogP contribution in [-0.2, 0) is 0 Å². The van der Waals surface area contributed by atoms with Crippen molar-refractivity contribution in [3.8, 4) is 0 Å². The smallest absolute Gasteiger partial charge is 0.0351 e. The molecule has 0 N–H and O–H groups in total. The van der Waals surface area contributed by atoms with Crippen LogP contribution in [0.25, 0.3) is 0 Å². The number of likely N-dealkylation sites (tertiary alicyclic amines) is 1. The third-order valence-electron chi connectivity index (χ3n) is 6.34. The molecule has 3 fully saturated rings. The van der Waals surface area contributed by atoms with Crippen LogP contribution in [0.1, 0.15) is 77.0 Å². The van der Waals surface area contributed by atoms with E-state index in [0.29, 0.717) is 5.54 Å². The Morgan fingerprint density at radius 3 is 2.05 bits per heavy atom. The second-order valence-electron chi connectivity index (χ2n) is 7.45. The minimum Gasteiger partial charge on any atom is -0.296 e. The van der Waals surface area contributed by atoms with Crippen LogP contribution in [0.15, 0.2) is 0 Å². The largest absolute Gasteiger partial charge is 0.296 e. The zero-order chi connectivity index (χ0) is 13.2. The van der Waals surface area contributed by atoms with E-state index >= 15 is 0 Å². The van der Waals surface area contributed by atoms with Crippen LogP contribution in [0.2, 0.25) is 0 Å². The van der Waals surface area contributed by atoms with Gasteiger partial charge in [0.1, 0.15) is 0 Å². The van der Waals surface area contributed by atoms with Crippen molar-refractivity contribution < 1.29 is 0 Å². The van der Waals surface area contributed by atoms with Crippen LogP contribution < -0.4 is 0 Å². The highest BCUT2D eigenvalue weighted by Gasteiger charge is 2.48. The van der Waals surface area contributed by atoms with E-state index in [1.165, 1.54) is 83.6 Å². The fraction of sp³-hybridized carbons (Fsp3) is 1.00. The minimum atomic E-state index is 0.544. The van der Waals surface area contributed by atoms with Gasteiger partial charge in [0.15, 0.2) is 0 Å². The average molecular weight is 284 g/mol. The molecule has 1 heterocycles. The van der Waals surface area contributed by atoms with Gasteiger partial charge in [-0.15, -0.1) is 11.6 Å². The van der Waals surface area contributed by atoms with Crippen molar-refractivity contribution in [2.75, 3.05) is 19.0 Å². The minimum absolute atomic E-state index is 0.544. The van der Waals surface area contributed by atoms with Gasteiger partial charge < -0.3 is 0 Å². The van der Waals surface area contributed by atoms with Crippen molar-refractivity contribution in [3.05, 3.63) is 0 Å². The van der Waals surface area contributed by atoms with E-state index in [-0.39, 0.29) is 0 Å². The van der Waals surface area contributed by atoms with Crippen molar-refractivity contribution in [1.82, 2.24) is 4.90 Å². The summed E-state index contributed by atoms with van der Waals surface area (Å²) in [6, 6.07) is 0. The Balaban J connectivity index is 1.77. The molecule has 3 rings (SSSR count). The fourth-order valence-electron chi connectivity index (χ4n) is 5.39. The molecule has 1 nitrogen and oxygen atoms in total. The molecular formula is C17H30ClN. The average Bonchev–Trinajstić information content (AvgIpc) is 2.44. The standard InChI is InChI=1S/C17H30ClN/c18-12-14-19-13-11-16(7-3-1-4-8-16)15-17(19)9-5-2-6-10-17/h1-15H2. The van der Waals surface area contributed by atoms with Crippen LogP contribution in [-0.4, -0.2) is 29.4 Å². The van der Waals surface area contributed by atoms with Gasteiger partial charge in [0.2, 0.25) is 0 Å². The number of nitrogens with zero attached hydrogens (tertiary/aromatic N) is 1. The Labute approximate surface area is 124 Å². The van der Waals surface area contributed by atoms with Gasteiger partial charge in [0.05, 0.1) is 0 Å². The van der Waals surface area contributed by atoms with Crippen LogP contribution in [0.3, 0.4) is 0 Å². The van der Waals surface area contributed by atoms with E-state index in [1.807, 2.05) is 0 Å². The zero-order valence-corrected chi connectivity index (χ0v) is 13.2. The summed E-state index contributed by atoms with van der Waals surface area (Å²) < 4.78 is 0. The van der Waals surface area contributed by atoms with Gasteiger partial charge >= 0.3 is 0 Å². The summed E-state index contributed by atoms with van der Waals surface area (Å²) in [6.07, 6.45) is 17.7. The first-order valence-electron chi connectivity index (χ1n) is 8.60. The maximum Gasteiger partial charge on any atom is 0.0351 e. The third-order valence-corrected chi connectivity index (χ3v) is 6.51. The van der Waals surface area contributed by atoms with Crippen LogP contribution in [0.5, 0.6) is 0 Å². The van der Waals surface area contributed by atoms with Crippen LogP contribution >= 0.6 is 11.6 Å². The molecule has 0 atom stereocenters. The number of hydrogen-bond donors (Lipinski definition) is 0. The van der Waals surface area contributed by atoms with Gasteiger partial charge in [-0.3, -0.25) is 4.90 Å². The lowest BCUT2D eigenvalue weighted by Gasteiger charge is -2.57. The highest BCUT2D eigenvalue weighted by molar-refractivity contribution is 6.18. The zero-order valence-electron chi connectivity index (χ0n) is 12.4. The van der Waals surface area contributed by atoms with Gasteiger partial charge in [0, 0.05) is 18.0 Å². The van der Waals surface area contributed by atoms with Gasteiger partial charge in [-0.2, -0.15) is 0 Å². The number of halogens is 1. The van der Waals surface area contributed by atoms with Crippen molar-refractivity contribution in [1.29, 1.82) is 0 Å². The van der Waals surface area contributed by atoms with E-state index < -0.39 is 0 Å². The van der Waals surface area contributed by atoms with Gasteiger partial charge in [-0.05, 0) is 50.5 Å². The predicted molar refractivity (Wildman–Crippen MR) is 82.9 cm³/mol. The predicted octanol–water partition coefficient (Wildman–Crippen LogP) is 4.97. The molecule has 3 aliphatic rings. The second kappa shape index (κ2) is 5.93. The summed E-state index contributed by atoms with van der Waals surface area (Å²) in [5.74, 6) is 0.814. The Morgan fingerprint density at radius 1 is 0.789 bits per heavy atom. The highest BCUT2D eigenvalue weighted by Crippen LogP contribution is 2.53. The first kappa shape index (κ1) is 14.2. The van der Waals surface area contributed by atoms with E-state index in [0.717, 1.165) is 17.8 Å². The maximum atomic E-state index is 6.07. The number of rotatable bonds is 2. The first-order valence-corrected chi connectivity index (χ1v) is 9.13. The number of piperidine rings is 1. The number of alkyl halides is 1. The van der Waals surface area contributed by atoms with Gasteiger partial charge in [-0.25, -0.2) is 0 Å². The van der Waals surface area contributed by atoms with Gasteiger partial charge in [0.25, 0.3) is 0 Å². The molecule has 1 aliphatic heterocycles. The molecule has 2 aliphatic carbocycles. The summed E-state index contributed by atoms with van der Waals surface area (Å²) in [4.78, 5) is 2.79. The van der Waals surface area contributed by atoms with E-state index in [4.69, 9.17) is 11.6 Å². The molecule has 0 radical (unpaired) electrons. The molecule has 1 saturated heterocycles. The molecule has 0 aromatic heterocycles. The molecule has 2 heteroatoms. The van der Waals surface area contributed by atoms with Crippen molar-refractivity contribution in [2.24, 2.45) is 5.41 Å². The Kier molecular flexibility index (Phi) is 4.43. The quantitative estimate of drug-likeness (QED) is 0.647. The molecule has 0 amide bonds.